The standard InChI is InChI=1S/C13H5ClFNO2S/c14-7-5-9-6(4-8(7)15)11(13(18)16-9)12(17)10-2-1-3-19-10/h1-5H. The molecule has 1 aromatic carbocycles. The van der Waals surface area contributed by atoms with Gasteiger partial charge in [0.15, 0.2) is 0 Å². The summed E-state index contributed by atoms with van der Waals surface area (Å²) in [5, 5.41) is 2.04. The summed E-state index contributed by atoms with van der Waals surface area (Å²) in [5.74, 6) is -1.78. The predicted octanol–water partition coefficient (Wildman–Crippen LogP) is 1.73. The van der Waals surface area contributed by atoms with Crippen LogP contribution in [0.5, 0.6) is 0 Å². The molecule has 0 spiro atoms. The molecule has 0 saturated carbocycles. The van der Waals surface area contributed by atoms with Crippen molar-refractivity contribution in [3.63, 3.8) is 0 Å². The number of carbonyl (C=O) groups is 2. The SMILES string of the molecule is O=C1N=c2cc(Cl)c(F)cc2=C1C(=O)c1cccs1. The van der Waals surface area contributed by atoms with Crippen molar-refractivity contribution in [3.05, 3.63) is 55.9 Å². The summed E-state index contributed by atoms with van der Waals surface area (Å²) in [6.45, 7) is 0. The van der Waals surface area contributed by atoms with Crippen molar-refractivity contribution in [2.24, 2.45) is 4.99 Å². The summed E-state index contributed by atoms with van der Waals surface area (Å²) >= 11 is 6.85. The molecule has 1 aromatic heterocycles. The number of Topliss-reactive ketones (excluding diaryl/α,β-unsaturated/α-hetero) is 1. The molecule has 19 heavy (non-hydrogen) atoms. The van der Waals surface area contributed by atoms with Crippen molar-refractivity contribution in [1.29, 1.82) is 0 Å². The van der Waals surface area contributed by atoms with E-state index >= 15 is 0 Å². The maximum atomic E-state index is 13.5. The second kappa shape index (κ2) is 4.36. The molecule has 0 atom stereocenters. The number of hydrogen-bond donors (Lipinski definition) is 0. The molecule has 0 fully saturated rings. The molecular formula is C13H5ClFNO2S. The average molecular weight is 294 g/mol. The smallest absolute Gasteiger partial charge is 0.282 e. The van der Waals surface area contributed by atoms with Crippen molar-refractivity contribution in [1.82, 2.24) is 0 Å². The van der Waals surface area contributed by atoms with Gasteiger partial charge in [0.1, 0.15) is 11.4 Å². The predicted molar refractivity (Wildman–Crippen MR) is 69.3 cm³/mol. The van der Waals surface area contributed by atoms with Gasteiger partial charge in [0.25, 0.3) is 5.91 Å². The lowest BCUT2D eigenvalue weighted by molar-refractivity contribution is -0.112. The van der Waals surface area contributed by atoms with Gasteiger partial charge in [-0.2, -0.15) is 0 Å². The first kappa shape index (κ1) is 12.2. The molecule has 0 unspecified atom stereocenters. The highest BCUT2D eigenvalue weighted by molar-refractivity contribution is 7.12. The number of nitrogens with zero attached hydrogens (tertiary/aromatic N) is 1. The summed E-state index contributed by atoms with van der Waals surface area (Å²) in [5.41, 5.74) is -0.104. The Balaban J connectivity index is 2.30. The third-order valence-corrected chi connectivity index (χ3v) is 3.87. The zero-order chi connectivity index (χ0) is 13.6. The first-order valence-electron chi connectivity index (χ1n) is 5.28. The van der Waals surface area contributed by atoms with Gasteiger partial charge in [0, 0.05) is 5.22 Å². The number of hydrogen-bond acceptors (Lipinski definition) is 3. The molecule has 1 aliphatic heterocycles. The molecule has 1 aliphatic rings. The first-order valence-corrected chi connectivity index (χ1v) is 6.54. The largest absolute Gasteiger partial charge is 0.287 e. The number of ketones is 1. The molecule has 3 nitrogen and oxygen atoms in total. The molecular weight excluding hydrogens is 289 g/mol. The summed E-state index contributed by atoms with van der Waals surface area (Å²) < 4.78 is 13.5. The van der Waals surface area contributed by atoms with E-state index in [1.165, 1.54) is 17.4 Å². The lowest BCUT2D eigenvalue weighted by atomic mass is 10.1. The Kier molecular flexibility index (Phi) is 2.80. The molecule has 3 rings (SSSR count). The number of halogens is 2. The van der Waals surface area contributed by atoms with Gasteiger partial charge < -0.3 is 0 Å². The van der Waals surface area contributed by atoms with Crippen LogP contribution in [-0.2, 0) is 4.79 Å². The van der Waals surface area contributed by atoms with Crippen LogP contribution < -0.4 is 10.6 Å². The monoisotopic (exact) mass is 293 g/mol. The van der Waals surface area contributed by atoms with Crippen molar-refractivity contribution in [3.8, 4) is 0 Å². The number of amides is 1. The van der Waals surface area contributed by atoms with Crippen molar-refractivity contribution < 1.29 is 14.0 Å². The molecule has 0 bridgehead atoms. The second-order valence-corrected chi connectivity index (χ2v) is 5.24. The van der Waals surface area contributed by atoms with E-state index in [1.807, 2.05) is 0 Å². The van der Waals surface area contributed by atoms with Crippen LogP contribution in [0, 0.1) is 5.82 Å². The molecule has 1 amide bonds. The second-order valence-electron chi connectivity index (χ2n) is 3.88. The maximum Gasteiger partial charge on any atom is 0.282 e. The van der Waals surface area contributed by atoms with Crippen LogP contribution in [0.3, 0.4) is 0 Å². The van der Waals surface area contributed by atoms with E-state index in [0.29, 0.717) is 4.88 Å². The van der Waals surface area contributed by atoms with E-state index in [4.69, 9.17) is 11.6 Å². The van der Waals surface area contributed by atoms with Gasteiger partial charge >= 0.3 is 0 Å². The molecule has 0 saturated heterocycles. The number of fused-ring (bicyclic) bond motifs is 1. The van der Waals surface area contributed by atoms with Crippen LogP contribution in [-0.4, -0.2) is 11.7 Å². The molecule has 94 valence electrons. The summed E-state index contributed by atoms with van der Waals surface area (Å²) in [6.07, 6.45) is 0. The Morgan fingerprint density at radius 3 is 2.84 bits per heavy atom. The Hall–Kier alpha value is -1.85. The van der Waals surface area contributed by atoms with E-state index in [-0.39, 0.29) is 21.2 Å². The quantitative estimate of drug-likeness (QED) is 0.792. The third-order valence-electron chi connectivity index (χ3n) is 2.72. The maximum absolute atomic E-state index is 13.5. The van der Waals surface area contributed by atoms with Crippen LogP contribution in [0.2, 0.25) is 5.02 Å². The van der Waals surface area contributed by atoms with Crippen LogP contribution >= 0.6 is 22.9 Å². The minimum absolute atomic E-state index is 0.104. The Labute approximate surface area is 115 Å². The highest BCUT2D eigenvalue weighted by Crippen LogP contribution is 2.17. The summed E-state index contributed by atoms with van der Waals surface area (Å²) in [7, 11) is 0. The highest BCUT2D eigenvalue weighted by atomic mass is 35.5. The van der Waals surface area contributed by atoms with Crippen LogP contribution in [0.1, 0.15) is 9.67 Å². The van der Waals surface area contributed by atoms with Crippen LogP contribution in [0.4, 0.5) is 4.39 Å². The van der Waals surface area contributed by atoms with Crippen molar-refractivity contribution in [2.75, 3.05) is 0 Å². The van der Waals surface area contributed by atoms with Gasteiger partial charge in [-0.3, -0.25) is 9.59 Å². The Morgan fingerprint density at radius 1 is 1.37 bits per heavy atom. The van der Waals surface area contributed by atoms with E-state index in [1.54, 1.807) is 17.5 Å². The van der Waals surface area contributed by atoms with E-state index in [9.17, 15) is 14.0 Å². The highest BCUT2D eigenvalue weighted by Gasteiger charge is 2.26. The number of benzene rings is 1. The number of carbonyl (C=O) groups excluding carboxylic acids is 2. The first-order chi connectivity index (χ1) is 9.08. The fourth-order valence-corrected chi connectivity index (χ4v) is 2.69. The molecule has 2 heterocycles. The minimum Gasteiger partial charge on any atom is -0.287 e. The normalized spacial score (nSPS) is 13.4. The Morgan fingerprint density at radius 2 is 2.16 bits per heavy atom. The minimum atomic E-state index is -0.679. The van der Waals surface area contributed by atoms with Gasteiger partial charge in [-0.15, -0.1) is 11.3 Å². The lowest BCUT2D eigenvalue weighted by Gasteiger charge is -1.96. The summed E-state index contributed by atoms with van der Waals surface area (Å²) in [4.78, 5) is 28.2. The fourth-order valence-electron chi connectivity index (χ4n) is 1.86. The topological polar surface area (TPSA) is 46.5 Å². The number of thiophene rings is 1. The zero-order valence-electron chi connectivity index (χ0n) is 9.31. The Bertz CT molecular complexity index is 827. The van der Waals surface area contributed by atoms with Gasteiger partial charge in [0.2, 0.25) is 5.78 Å². The molecule has 0 aliphatic carbocycles. The van der Waals surface area contributed by atoms with Gasteiger partial charge in [-0.1, -0.05) is 17.7 Å². The molecule has 6 heteroatoms. The van der Waals surface area contributed by atoms with Gasteiger partial charge in [-0.05, 0) is 23.6 Å². The van der Waals surface area contributed by atoms with Crippen molar-refractivity contribution >= 4 is 40.2 Å². The van der Waals surface area contributed by atoms with Gasteiger partial charge in [0.05, 0.1) is 15.3 Å². The zero-order valence-corrected chi connectivity index (χ0v) is 10.9. The van der Waals surface area contributed by atoms with E-state index in [2.05, 4.69) is 4.99 Å². The van der Waals surface area contributed by atoms with E-state index < -0.39 is 17.5 Å². The number of rotatable bonds is 2. The third kappa shape index (κ3) is 1.91. The molecule has 0 N–H and O–H groups in total. The lowest BCUT2D eigenvalue weighted by Crippen LogP contribution is -2.26. The molecule has 0 radical (unpaired) electrons. The molecule has 2 aromatic rings. The average Bonchev–Trinajstić information content (AvgIpc) is 2.97. The van der Waals surface area contributed by atoms with Crippen LogP contribution in [0.25, 0.3) is 5.57 Å². The van der Waals surface area contributed by atoms with E-state index in [0.717, 1.165) is 6.07 Å². The fraction of sp³-hybridized carbons (Fsp3) is 0. The summed E-state index contributed by atoms with van der Waals surface area (Å²) in [6, 6.07) is 5.64. The van der Waals surface area contributed by atoms with Crippen LogP contribution in [0.15, 0.2) is 34.6 Å². The van der Waals surface area contributed by atoms with Crippen molar-refractivity contribution in [2.45, 2.75) is 0 Å². The van der Waals surface area contributed by atoms with Gasteiger partial charge in [-0.25, -0.2) is 9.38 Å².